The average molecular weight is 330 g/mol. The van der Waals surface area contributed by atoms with Crippen molar-refractivity contribution in [1.29, 1.82) is 0 Å². The van der Waals surface area contributed by atoms with Gasteiger partial charge < -0.3 is 4.74 Å². The maximum atomic E-state index is 12.7. The van der Waals surface area contributed by atoms with Crippen LogP contribution in [0.2, 0.25) is 0 Å². The minimum atomic E-state index is -0.310. The van der Waals surface area contributed by atoms with Crippen molar-refractivity contribution in [3.05, 3.63) is 0 Å². The number of rotatable bonds is 6. The zero-order chi connectivity index (χ0) is 17.4. The van der Waals surface area contributed by atoms with Gasteiger partial charge in [0.15, 0.2) is 0 Å². The summed E-state index contributed by atoms with van der Waals surface area (Å²) in [4.78, 5) is 12.7. The van der Waals surface area contributed by atoms with Crippen LogP contribution in [0.4, 0.5) is 0 Å². The van der Waals surface area contributed by atoms with Crippen LogP contribution in [-0.2, 0) is 9.53 Å². The van der Waals surface area contributed by atoms with E-state index >= 15 is 0 Å². The van der Waals surface area contributed by atoms with Gasteiger partial charge in [-0.3, -0.25) is 4.79 Å². The van der Waals surface area contributed by atoms with Crippen LogP contribution >= 0.6 is 8.58 Å². The quantitative estimate of drug-likeness (QED) is 0.439. The van der Waals surface area contributed by atoms with Crippen LogP contribution in [0.15, 0.2) is 0 Å². The lowest BCUT2D eigenvalue weighted by Crippen LogP contribution is -2.44. The molecule has 0 N–H and O–H groups in total. The fraction of sp³-hybridized carbons (Fsp3) is 0.947. The van der Waals surface area contributed by atoms with Gasteiger partial charge in [-0.05, 0) is 58.5 Å². The Morgan fingerprint density at radius 2 is 1.64 bits per heavy atom. The first-order valence-corrected chi connectivity index (χ1v) is 10.6. The van der Waals surface area contributed by atoms with Gasteiger partial charge in [-0.25, -0.2) is 0 Å². The maximum Gasteiger partial charge on any atom is 0.316 e. The number of hydrogen-bond donors (Lipinski definition) is 0. The van der Waals surface area contributed by atoms with E-state index in [0.29, 0.717) is 20.4 Å². The Balaban J connectivity index is 0.00000211. The zero-order valence-electron chi connectivity index (χ0n) is 16.2. The third-order valence-corrected chi connectivity index (χ3v) is 6.27. The highest BCUT2D eigenvalue weighted by Crippen LogP contribution is 2.40. The molecular weight excluding hydrogens is 291 g/mol. The van der Waals surface area contributed by atoms with E-state index in [1.165, 1.54) is 32.1 Å². The molecule has 3 heteroatoms. The summed E-state index contributed by atoms with van der Waals surface area (Å²) in [7, 11) is 0.595. The van der Waals surface area contributed by atoms with Crippen molar-refractivity contribution < 1.29 is 9.53 Å². The van der Waals surface area contributed by atoms with Crippen LogP contribution in [0, 0.1) is 11.8 Å². The summed E-state index contributed by atoms with van der Waals surface area (Å²) in [5.74, 6) is 1.07. The molecule has 0 aromatic rings. The molecule has 132 valence electrons. The maximum absolute atomic E-state index is 12.7. The van der Waals surface area contributed by atoms with Gasteiger partial charge in [-0.1, -0.05) is 47.0 Å². The highest BCUT2D eigenvalue weighted by molar-refractivity contribution is 7.40. The molecule has 0 aliphatic heterocycles. The average Bonchev–Trinajstić information content (AvgIpc) is 2.49. The van der Waals surface area contributed by atoms with Gasteiger partial charge in [0.1, 0.15) is 5.60 Å². The van der Waals surface area contributed by atoms with Crippen LogP contribution in [0.1, 0.15) is 87.0 Å². The van der Waals surface area contributed by atoms with Crippen LogP contribution < -0.4 is 0 Å². The third kappa shape index (κ3) is 6.57. The molecule has 0 aromatic heterocycles. The summed E-state index contributed by atoms with van der Waals surface area (Å²) in [6.45, 7) is 16.8. The number of esters is 1. The zero-order valence-corrected chi connectivity index (χ0v) is 17.2. The minimum absolute atomic E-state index is 0.0163. The highest BCUT2D eigenvalue weighted by atomic mass is 31.1. The predicted molar refractivity (Wildman–Crippen MR) is 100 cm³/mol. The first kappa shape index (κ1) is 21.9. The molecule has 0 saturated heterocycles. The highest BCUT2D eigenvalue weighted by Gasteiger charge is 2.40. The predicted octanol–water partition coefficient (Wildman–Crippen LogP) is 6.03. The second-order valence-corrected chi connectivity index (χ2v) is 9.11. The summed E-state index contributed by atoms with van der Waals surface area (Å²) in [5.41, 5.74) is -0.310. The molecule has 2 unspecified atom stereocenters. The van der Waals surface area contributed by atoms with Crippen molar-refractivity contribution in [2.24, 2.45) is 11.8 Å². The summed E-state index contributed by atoms with van der Waals surface area (Å²) >= 11 is 0. The topological polar surface area (TPSA) is 26.3 Å². The lowest BCUT2D eigenvalue weighted by molar-refractivity contribution is -0.166. The van der Waals surface area contributed by atoms with E-state index < -0.39 is 0 Å². The van der Waals surface area contributed by atoms with Gasteiger partial charge in [-0.15, -0.1) is 8.58 Å². The van der Waals surface area contributed by atoms with Crippen molar-refractivity contribution in [1.82, 2.24) is 0 Å². The summed E-state index contributed by atoms with van der Waals surface area (Å²) < 4.78 is 6.00. The Morgan fingerprint density at radius 3 is 2.05 bits per heavy atom. The summed E-state index contributed by atoms with van der Waals surface area (Å²) in [6.07, 6.45) is 7.23. The van der Waals surface area contributed by atoms with E-state index in [0.717, 1.165) is 6.42 Å². The second-order valence-electron chi connectivity index (χ2n) is 7.51. The van der Waals surface area contributed by atoms with Crippen molar-refractivity contribution in [3.63, 3.8) is 0 Å². The van der Waals surface area contributed by atoms with Crippen LogP contribution in [-0.4, -0.2) is 23.4 Å². The Labute approximate surface area is 140 Å². The first-order valence-electron chi connectivity index (χ1n) is 9.13. The Hall–Kier alpha value is -0.100. The Kier molecular flexibility index (Phi) is 9.86. The molecule has 0 amide bonds. The molecule has 1 saturated carbocycles. The summed E-state index contributed by atoms with van der Waals surface area (Å²) in [6, 6.07) is 0. The van der Waals surface area contributed by atoms with Gasteiger partial charge >= 0.3 is 5.97 Å². The lowest BCUT2D eigenvalue weighted by atomic mass is 9.78. The van der Waals surface area contributed by atoms with Gasteiger partial charge in [0.2, 0.25) is 0 Å². The monoisotopic (exact) mass is 330 g/mol. The van der Waals surface area contributed by atoms with Crippen molar-refractivity contribution in [2.45, 2.75) is 97.7 Å². The Bertz CT molecular complexity index is 319. The van der Waals surface area contributed by atoms with E-state index in [1.54, 1.807) is 0 Å². The molecule has 0 spiro atoms. The van der Waals surface area contributed by atoms with Gasteiger partial charge in [0.05, 0.1) is 5.16 Å². The van der Waals surface area contributed by atoms with E-state index in [2.05, 4.69) is 41.3 Å². The van der Waals surface area contributed by atoms with Gasteiger partial charge in [0.25, 0.3) is 0 Å². The third-order valence-electron chi connectivity index (χ3n) is 4.76. The van der Waals surface area contributed by atoms with E-state index in [4.69, 9.17) is 4.74 Å². The van der Waals surface area contributed by atoms with E-state index in [9.17, 15) is 4.79 Å². The number of hydrogen-bond acceptors (Lipinski definition) is 2. The van der Waals surface area contributed by atoms with Crippen molar-refractivity contribution >= 4 is 14.6 Å². The van der Waals surface area contributed by atoms with Crippen LogP contribution in [0.3, 0.4) is 0 Å². The molecule has 1 aliphatic rings. The second kappa shape index (κ2) is 9.91. The van der Waals surface area contributed by atoms with Gasteiger partial charge in [-0.2, -0.15) is 0 Å². The molecule has 1 aliphatic carbocycles. The molecule has 0 heterocycles. The lowest BCUT2D eigenvalue weighted by Gasteiger charge is -2.39. The molecule has 1 rings (SSSR count). The molecule has 0 bridgehead atoms. The number of carbonyl (C=O) groups is 1. The fourth-order valence-corrected chi connectivity index (χ4v) is 4.20. The molecule has 1 fully saturated rings. The minimum Gasteiger partial charge on any atom is -0.459 e. The molecule has 2 atom stereocenters. The van der Waals surface area contributed by atoms with Crippen LogP contribution in [0.25, 0.3) is 0 Å². The standard InChI is InChI=1S/C17H33O2P.C2H6/c1-13(2)12-17(5,20-6)15(18)19-16(3,4)14-10-8-7-9-11-14;1-2/h13-14,20H,7-12H2,1-6H3;1-2H3. The van der Waals surface area contributed by atoms with Crippen LogP contribution in [0.5, 0.6) is 0 Å². The summed E-state index contributed by atoms with van der Waals surface area (Å²) in [5, 5.41) is -0.305. The molecular formula is C19H39O2P. The fourth-order valence-electron chi connectivity index (χ4n) is 3.34. The normalized spacial score (nSPS) is 19.7. The molecule has 0 radical (unpaired) electrons. The number of ether oxygens (including phenoxy) is 1. The Morgan fingerprint density at radius 1 is 1.14 bits per heavy atom. The largest absolute Gasteiger partial charge is 0.459 e. The smallest absolute Gasteiger partial charge is 0.316 e. The first-order chi connectivity index (χ1) is 10.2. The molecule has 22 heavy (non-hydrogen) atoms. The van der Waals surface area contributed by atoms with E-state index in [1.807, 2.05) is 13.8 Å². The molecule has 2 nitrogen and oxygen atoms in total. The molecule has 0 aromatic carbocycles. The van der Waals surface area contributed by atoms with Crippen molar-refractivity contribution in [3.8, 4) is 0 Å². The van der Waals surface area contributed by atoms with E-state index in [-0.39, 0.29) is 16.7 Å². The SMILES string of the molecule is CC.CPC(C)(CC(C)C)C(=O)OC(C)(C)C1CCCCC1. The van der Waals surface area contributed by atoms with Gasteiger partial charge in [0, 0.05) is 0 Å². The number of carbonyl (C=O) groups excluding carboxylic acids is 1. The van der Waals surface area contributed by atoms with Crippen molar-refractivity contribution in [2.75, 3.05) is 6.66 Å².